The molecule has 2 nitrogen and oxygen atoms in total. The highest BCUT2D eigenvalue weighted by atomic mass is 15.1. The molecule has 2 rings (SSSR count). The Kier molecular flexibility index (Phi) is 5.42. The Hall–Kier alpha value is -1.54. The van der Waals surface area contributed by atoms with E-state index >= 15 is 0 Å². The van der Waals surface area contributed by atoms with E-state index in [1.54, 1.807) is 0 Å². The quantitative estimate of drug-likeness (QED) is 0.750. The van der Waals surface area contributed by atoms with E-state index in [0.717, 1.165) is 19.6 Å². The van der Waals surface area contributed by atoms with Crippen LogP contribution < -0.4 is 4.90 Å². The van der Waals surface area contributed by atoms with Crippen molar-refractivity contribution in [2.45, 2.75) is 20.3 Å². The van der Waals surface area contributed by atoms with Crippen LogP contribution in [0, 0.1) is 0 Å². The molecule has 0 N–H and O–H groups in total. The maximum absolute atomic E-state index is 2.48. The Labute approximate surface area is 123 Å². The molecule has 0 unspecified atom stereocenters. The number of benzene rings is 2. The predicted molar refractivity (Wildman–Crippen MR) is 89.6 cm³/mol. The first-order valence-electron chi connectivity index (χ1n) is 7.67. The van der Waals surface area contributed by atoms with Crippen LogP contribution in [0.25, 0.3) is 10.8 Å². The third kappa shape index (κ3) is 3.73. The van der Waals surface area contributed by atoms with Crippen molar-refractivity contribution in [3.05, 3.63) is 42.5 Å². The van der Waals surface area contributed by atoms with Gasteiger partial charge in [-0.2, -0.15) is 0 Å². The van der Waals surface area contributed by atoms with E-state index in [0.29, 0.717) is 0 Å². The molecule has 0 aromatic heterocycles. The summed E-state index contributed by atoms with van der Waals surface area (Å²) >= 11 is 0. The molecule has 0 aliphatic heterocycles. The minimum atomic E-state index is 1.11. The zero-order chi connectivity index (χ0) is 14.4. The summed E-state index contributed by atoms with van der Waals surface area (Å²) in [5.41, 5.74) is 1.31. The van der Waals surface area contributed by atoms with Crippen LogP contribution in [0.15, 0.2) is 42.5 Å². The van der Waals surface area contributed by atoms with Gasteiger partial charge in [-0.3, -0.25) is 0 Å². The maximum atomic E-state index is 2.48. The fourth-order valence-electron chi connectivity index (χ4n) is 2.61. The summed E-state index contributed by atoms with van der Waals surface area (Å²) in [4.78, 5) is 4.84. The molecule has 0 bridgehead atoms. The summed E-state index contributed by atoms with van der Waals surface area (Å²) in [5, 5.41) is 2.63. The second-order valence-corrected chi connectivity index (χ2v) is 5.33. The highest BCUT2D eigenvalue weighted by molar-refractivity contribution is 5.85. The van der Waals surface area contributed by atoms with Gasteiger partial charge in [0.05, 0.1) is 0 Å². The lowest BCUT2D eigenvalue weighted by Gasteiger charge is -2.23. The minimum absolute atomic E-state index is 1.11. The van der Waals surface area contributed by atoms with Crippen LogP contribution >= 0.6 is 0 Å². The van der Waals surface area contributed by atoms with Crippen molar-refractivity contribution in [2.24, 2.45) is 0 Å². The van der Waals surface area contributed by atoms with Crippen LogP contribution in [-0.4, -0.2) is 38.1 Å². The molecule has 108 valence electrons. The molecule has 0 spiro atoms. The highest BCUT2D eigenvalue weighted by Gasteiger charge is 2.04. The van der Waals surface area contributed by atoms with Gasteiger partial charge < -0.3 is 9.80 Å². The van der Waals surface area contributed by atoms with Crippen molar-refractivity contribution >= 4 is 16.5 Å². The van der Waals surface area contributed by atoms with Gasteiger partial charge in [0.15, 0.2) is 0 Å². The largest absolute Gasteiger partial charge is 0.375 e. The van der Waals surface area contributed by atoms with Gasteiger partial charge in [0.1, 0.15) is 0 Å². The van der Waals surface area contributed by atoms with Gasteiger partial charge >= 0.3 is 0 Å². The first kappa shape index (κ1) is 14.9. The second kappa shape index (κ2) is 7.30. The number of hydrogen-bond donors (Lipinski definition) is 0. The van der Waals surface area contributed by atoms with Crippen molar-refractivity contribution in [3.8, 4) is 0 Å². The van der Waals surface area contributed by atoms with Gasteiger partial charge in [-0.15, -0.1) is 0 Å². The molecule has 0 saturated carbocycles. The van der Waals surface area contributed by atoms with Gasteiger partial charge in [0.2, 0.25) is 0 Å². The number of rotatable bonds is 7. The average Bonchev–Trinajstić information content (AvgIpc) is 2.51. The smallest absolute Gasteiger partial charge is 0.0370 e. The standard InChI is InChI=1S/C18H26N2/c1-4-20(5-2)14-8-13-19(3)18-12-11-16-9-6-7-10-17(16)15-18/h6-7,9-12,15H,4-5,8,13-14H2,1-3H3. The molecule has 0 amide bonds. The molecule has 0 aliphatic rings. The molecular formula is C18H26N2. The molecule has 20 heavy (non-hydrogen) atoms. The normalized spacial score (nSPS) is 11.2. The Balaban J connectivity index is 1.95. The average molecular weight is 270 g/mol. The van der Waals surface area contributed by atoms with Gasteiger partial charge in [-0.25, -0.2) is 0 Å². The molecule has 0 heterocycles. The Morgan fingerprint density at radius 2 is 1.55 bits per heavy atom. The summed E-state index contributed by atoms with van der Waals surface area (Å²) < 4.78 is 0. The van der Waals surface area contributed by atoms with Crippen molar-refractivity contribution in [2.75, 3.05) is 38.1 Å². The lowest BCUT2D eigenvalue weighted by molar-refractivity contribution is 0.301. The summed E-state index contributed by atoms with van der Waals surface area (Å²) in [7, 11) is 2.19. The number of anilines is 1. The topological polar surface area (TPSA) is 6.48 Å². The molecule has 0 atom stereocenters. The van der Waals surface area contributed by atoms with E-state index in [4.69, 9.17) is 0 Å². The fraction of sp³-hybridized carbons (Fsp3) is 0.444. The predicted octanol–water partition coefficient (Wildman–Crippen LogP) is 4.01. The van der Waals surface area contributed by atoms with E-state index in [2.05, 4.69) is 73.2 Å². The SMILES string of the molecule is CCN(CC)CCCN(C)c1ccc2ccccc2c1. The van der Waals surface area contributed by atoms with Gasteiger partial charge in [0.25, 0.3) is 0 Å². The first-order valence-corrected chi connectivity index (χ1v) is 7.67. The van der Waals surface area contributed by atoms with Crippen LogP contribution in [0.2, 0.25) is 0 Å². The van der Waals surface area contributed by atoms with Crippen molar-refractivity contribution in [1.29, 1.82) is 0 Å². The second-order valence-electron chi connectivity index (χ2n) is 5.33. The van der Waals surface area contributed by atoms with Crippen LogP contribution in [0.3, 0.4) is 0 Å². The lowest BCUT2D eigenvalue weighted by atomic mass is 10.1. The Morgan fingerprint density at radius 3 is 2.25 bits per heavy atom. The molecule has 2 heteroatoms. The zero-order valence-corrected chi connectivity index (χ0v) is 13.0. The highest BCUT2D eigenvalue weighted by Crippen LogP contribution is 2.21. The molecule has 0 saturated heterocycles. The lowest BCUT2D eigenvalue weighted by Crippen LogP contribution is -2.28. The van der Waals surface area contributed by atoms with Crippen LogP contribution in [-0.2, 0) is 0 Å². The summed E-state index contributed by atoms with van der Waals surface area (Å²) in [5.74, 6) is 0. The van der Waals surface area contributed by atoms with E-state index in [9.17, 15) is 0 Å². The summed E-state index contributed by atoms with van der Waals surface area (Å²) in [6, 6.07) is 15.3. The molecule has 0 radical (unpaired) electrons. The van der Waals surface area contributed by atoms with E-state index in [1.807, 2.05) is 0 Å². The van der Waals surface area contributed by atoms with E-state index in [1.165, 1.54) is 29.4 Å². The van der Waals surface area contributed by atoms with Crippen LogP contribution in [0.1, 0.15) is 20.3 Å². The Morgan fingerprint density at radius 1 is 0.850 bits per heavy atom. The molecule has 2 aromatic carbocycles. The van der Waals surface area contributed by atoms with Crippen molar-refractivity contribution in [3.63, 3.8) is 0 Å². The molecule has 0 fully saturated rings. The summed E-state index contributed by atoms with van der Waals surface area (Å²) in [6.45, 7) is 9.05. The van der Waals surface area contributed by atoms with Gasteiger partial charge in [0, 0.05) is 19.3 Å². The van der Waals surface area contributed by atoms with Gasteiger partial charge in [-0.05, 0) is 49.0 Å². The zero-order valence-electron chi connectivity index (χ0n) is 13.0. The van der Waals surface area contributed by atoms with Crippen molar-refractivity contribution < 1.29 is 0 Å². The number of nitrogens with zero attached hydrogens (tertiary/aromatic N) is 2. The van der Waals surface area contributed by atoms with Crippen LogP contribution in [0.5, 0.6) is 0 Å². The fourth-order valence-corrected chi connectivity index (χ4v) is 2.61. The minimum Gasteiger partial charge on any atom is -0.375 e. The van der Waals surface area contributed by atoms with Gasteiger partial charge in [-0.1, -0.05) is 44.2 Å². The van der Waals surface area contributed by atoms with Crippen molar-refractivity contribution in [1.82, 2.24) is 4.90 Å². The third-order valence-corrected chi connectivity index (χ3v) is 4.04. The summed E-state index contributed by atoms with van der Waals surface area (Å²) in [6.07, 6.45) is 1.21. The number of hydrogen-bond acceptors (Lipinski definition) is 2. The van der Waals surface area contributed by atoms with Crippen LogP contribution in [0.4, 0.5) is 5.69 Å². The molecule has 0 aliphatic carbocycles. The third-order valence-electron chi connectivity index (χ3n) is 4.04. The van der Waals surface area contributed by atoms with E-state index in [-0.39, 0.29) is 0 Å². The molecular weight excluding hydrogens is 244 g/mol. The first-order chi connectivity index (χ1) is 9.74. The maximum Gasteiger partial charge on any atom is 0.0370 e. The molecule has 2 aromatic rings. The Bertz CT molecular complexity index is 532. The number of fused-ring (bicyclic) bond motifs is 1. The van der Waals surface area contributed by atoms with E-state index < -0.39 is 0 Å². The monoisotopic (exact) mass is 270 g/mol.